The van der Waals surface area contributed by atoms with Crippen molar-refractivity contribution in [2.75, 3.05) is 0 Å². The summed E-state index contributed by atoms with van der Waals surface area (Å²) in [5.41, 5.74) is 1.63. The molecular formula is C11H12IN3O. The summed E-state index contributed by atoms with van der Waals surface area (Å²) in [4.78, 5) is 8.71. The number of aliphatic hydroxyl groups is 1. The van der Waals surface area contributed by atoms with Crippen LogP contribution in [-0.4, -0.2) is 25.1 Å². The zero-order valence-electron chi connectivity index (χ0n) is 8.89. The number of imidazole rings is 1. The Kier molecular flexibility index (Phi) is 2.22. The summed E-state index contributed by atoms with van der Waals surface area (Å²) < 4.78 is 2.99. The lowest BCUT2D eigenvalue weighted by molar-refractivity contribution is -0.0319. The smallest absolute Gasteiger partial charge is 0.176 e. The van der Waals surface area contributed by atoms with Crippen LogP contribution in [0.3, 0.4) is 0 Å². The lowest BCUT2D eigenvalue weighted by Crippen LogP contribution is -2.39. The van der Waals surface area contributed by atoms with Gasteiger partial charge in [0.1, 0.15) is 0 Å². The minimum absolute atomic E-state index is 0.373. The molecule has 4 nitrogen and oxygen atoms in total. The van der Waals surface area contributed by atoms with E-state index in [9.17, 15) is 5.11 Å². The van der Waals surface area contributed by atoms with Gasteiger partial charge in [-0.15, -0.1) is 0 Å². The molecule has 0 spiro atoms. The first-order valence-electron chi connectivity index (χ1n) is 5.27. The third kappa shape index (κ3) is 1.53. The van der Waals surface area contributed by atoms with Gasteiger partial charge in [0, 0.05) is 40.9 Å². The van der Waals surface area contributed by atoms with Gasteiger partial charge in [-0.1, -0.05) is 0 Å². The molecule has 5 heteroatoms. The van der Waals surface area contributed by atoms with Gasteiger partial charge in [-0.05, 0) is 19.8 Å². The topological polar surface area (TPSA) is 50.4 Å². The summed E-state index contributed by atoms with van der Waals surface area (Å²) in [6.07, 6.45) is 7.12. The van der Waals surface area contributed by atoms with Crippen molar-refractivity contribution < 1.29 is 5.11 Å². The largest absolute Gasteiger partial charge is 0.390 e. The van der Waals surface area contributed by atoms with Crippen molar-refractivity contribution >= 4 is 28.1 Å². The number of halogens is 1. The molecule has 2 aromatic rings. The monoisotopic (exact) mass is 329 g/mol. The molecule has 0 amide bonds. The molecule has 1 aliphatic carbocycles. The molecule has 0 aromatic carbocycles. The Morgan fingerprint density at radius 3 is 3.00 bits per heavy atom. The molecule has 16 heavy (non-hydrogen) atoms. The summed E-state index contributed by atoms with van der Waals surface area (Å²) >= 11 is 2.22. The predicted octanol–water partition coefficient (Wildman–Crippen LogP) is 1.96. The van der Waals surface area contributed by atoms with Crippen molar-refractivity contribution in [3.63, 3.8) is 0 Å². The van der Waals surface area contributed by atoms with E-state index in [-0.39, 0.29) is 0 Å². The SMILES string of the molecule is CC1(O)CC(c2nc(I)n3ccncc23)C1. The van der Waals surface area contributed by atoms with Crippen molar-refractivity contribution in [2.45, 2.75) is 31.3 Å². The van der Waals surface area contributed by atoms with Crippen molar-refractivity contribution in [1.82, 2.24) is 14.4 Å². The van der Waals surface area contributed by atoms with Crippen LogP contribution >= 0.6 is 22.6 Å². The van der Waals surface area contributed by atoms with E-state index < -0.39 is 5.60 Å². The highest BCUT2D eigenvalue weighted by Crippen LogP contribution is 2.45. The minimum Gasteiger partial charge on any atom is -0.390 e. The number of nitrogens with zero attached hydrogens (tertiary/aromatic N) is 3. The van der Waals surface area contributed by atoms with E-state index in [1.54, 1.807) is 6.20 Å². The summed E-state index contributed by atoms with van der Waals surface area (Å²) in [5, 5.41) is 9.77. The molecular weight excluding hydrogens is 317 g/mol. The molecule has 0 radical (unpaired) electrons. The van der Waals surface area contributed by atoms with Crippen LogP contribution in [0.25, 0.3) is 5.52 Å². The van der Waals surface area contributed by atoms with Crippen LogP contribution in [0, 0.1) is 3.83 Å². The third-order valence-electron chi connectivity index (χ3n) is 3.19. The second kappa shape index (κ2) is 3.40. The van der Waals surface area contributed by atoms with E-state index in [2.05, 4.69) is 32.6 Å². The fraction of sp³-hybridized carbons (Fsp3) is 0.455. The number of aromatic nitrogens is 3. The zero-order valence-corrected chi connectivity index (χ0v) is 11.0. The number of hydrogen-bond acceptors (Lipinski definition) is 3. The standard InChI is InChI=1S/C11H12IN3O/c1-11(16)4-7(5-11)9-8-6-13-2-3-15(8)10(12)14-9/h2-3,6-7,16H,4-5H2,1H3. The Morgan fingerprint density at radius 1 is 1.56 bits per heavy atom. The Balaban J connectivity index is 2.05. The highest BCUT2D eigenvalue weighted by atomic mass is 127. The average molecular weight is 329 g/mol. The Morgan fingerprint density at radius 2 is 2.31 bits per heavy atom. The lowest BCUT2D eigenvalue weighted by atomic mass is 9.70. The summed E-state index contributed by atoms with van der Waals surface area (Å²) in [6, 6.07) is 0. The first kappa shape index (κ1) is 10.5. The Labute approximate surface area is 107 Å². The molecule has 0 bridgehead atoms. The Hall–Kier alpha value is -0.690. The Bertz CT molecular complexity index is 541. The highest BCUT2D eigenvalue weighted by Gasteiger charge is 2.41. The normalized spacial score (nSPS) is 29.3. The van der Waals surface area contributed by atoms with Crippen LogP contribution in [0.15, 0.2) is 18.6 Å². The van der Waals surface area contributed by atoms with E-state index in [1.807, 2.05) is 23.7 Å². The van der Waals surface area contributed by atoms with E-state index >= 15 is 0 Å². The summed E-state index contributed by atoms with van der Waals surface area (Å²) in [5.74, 6) is 0.373. The van der Waals surface area contributed by atoms with Gasteiger partial charge in [0.2, 0.25) is 0 Å². The van der Waals surface area contributed by atoms with Gasteiger partial charge in [0.15, 0.2) is 3.83 Å². The maximum absolute atomic E-state index is 9.77. The molecule has 0 aliphatic heterocycles. The maximum Gasteiger partial charge on any atom is 0.176 e. The van der Waals surface area contributed by atoms with Gasteiger partial charge in [0.05, 0.1) is 23.0 Å². The average Bonchev–Trinajstić information content (AvgIpc) is 2.53. The molecule has 0 unspecified atom stereocenters. The van der Waals surface area contributed by atoms with Crippen LogP contribution in [0.4, 0.5) is 0 Å². The summed E-state index contributed by atoms with van der Waals surface area (Å²) in [6.45, 7) is 1.88. The van der Waals surface area contributed by atoms with Gasteiger partial charge in [-0.25, -0.2) is 4.98 Å². The van der Waals surface area contributed by atoms with E-state index in [1.165, 1.54) is 0 Å². The van der Waals surface area contributed by atoms with Crippen LogP contribution in [0.1, 0.15) is 31.4 Å². The van der Waals surface area contributed by atoms with Crippen LogP contribution < -0.4 is 0 Å². The molecule has 1 aliphatic rings. The van der Waals surface area contributed by atoms with Crippen molar-refractivity contribution in [3.05, 3.63) is 28.1 Å². The third-order valence-corrected chi connectivity index (χ3v) is 3.95. The molecule has 3 rings (SSSR count). The zero-order chi connectivity index (χ0) is 11.3. The van der Waals surface area contributed by atoms with Crippen LogP contribution in [0.2, 0.25) is 0 Å². The molecule has 2 aromatic heterocycles. The van der Waals surface area contributed by atoms with Crippen molar-refractivity contribution in [1.29, 1.82) is 0 Å². The van der Waals surface area contributed by atoms with Gasteiger partial charge < -0.3 is 5.11 Å². The number of rotatable bonds is 1. The van der Waals surface area contributed by atoms with Crippen molar-refractivity contribution in [3.8, 4) is 0 Å². The molecule has 1 N–H and O–H groups in total. The van der Waals surface area contributed by atoms with Crippen molar-refractivity contribution in [2.24, 2.45) is 0 Å². The van der Waals surface area contributed by atoms with E-state index in [0.29, 0.717) is 5.92 Å². The molecule has 84 valence electrons. The van der Waals surface area contributed by atoms with Gasteiger partial charge in [-0.3, -0.25) is 9.38 Å². The van der Waals surface area contributed by atoms with E-state index in [4.69, 9.17) is 0 Å². The van der Waals surface area contributed by atoms with Gasteiger partial charge >= 0.3 is 0 Å². The fourth-order valence-electron chi connectivity index (χ4n) is 2.42. The molecule has 0 atom stereocenters. The number of fused-ring (bicyclic) bond motifs is 1. The quantitative estimate of drug-likeness (QED) is 0.814. The number of hydrogen-bond donors (Lipinski definition) is 1. The van der Waals surface area contributed by atoms with Gasteiger partial charge in [-0.2, -0.15) is 0 Å². The second-order valence-corrected chi connectivity index (χ2v) is 5.66. The molecule has 1 saturated carbocycles. The predicted molar refractivity (Wildman–Crippen MR) is 68.3 cm³/mol. The molecule has 2 heterocycles. The van der Waals surface area contributed by atoms with Crippen LogP contribution in [-0.2, 0) is 0 Å². The fourth-order valence-corrected chi connectivity index (χ4v) is 3.10. The molecule has 1 fully saturated rings. The van der Waals surface area contributed by atoms with Crippen LogP contribution in [0.5, 0.6) is 0 Å². The van der Waals surface area contributed by atoms with Gasteiger partial charge in [0.25, 0.3) is 0 Å². The molecule has 0 saturated heterocycles. The van der Waals surface area contributed by atoms with E-state index in [0.717, 1.165) is 27.9 Å². The summed E-state index contributed by atoms with van der Waals surface area (Å²) in [7, 11) is 0. The minimum atomic E-state index is -0.506. The first-order chi connectivity index (χ1) is 7.57. The lowest BCUT2D eigenvalue weighted by Gasteiger charge is -2.40. The maximum atomic E-state index is 9.77. The first-order valence-corrected chi connectivity index (χ1v) is 6.34. The highest BCUT2D eigenvalue weighted by molar-refractivity contribution is 14.1. The second-order valence-electron chi connectivity index (χ2n) is 4.70.